The Bertz CT molecular complexity index is 2290. The molecule has 0 unspecified atom stereocenters. The summed E-state index contributed by atoms with van der Waals surface area (Å²) in [5.74, 6) is 0. The van der Waals surface area contributed by atoms with E-state index in [9.17, 15) is 5.26 Å². The minimum atomic E-state index is 0.465. The van der Waals surface area contributed by atoms with Crippen LogP contribution in [0.4, 0.5) is 22.7 Å². The van der Waals surface area contributed by atoms with Crippen LogP contribution in [0.2, 0.25) is 0 Å². The van der Waals surface area contributed by atoms with E-state index in [0.29, 0.717) is 11.3 Å². The quantitative estimate of drug-likeness (QED) is 0.193. The summed E-state index contributed by atoms with van der Waals surface area (Å²) in [7, 11) is 0. The van der Waals surface area contributed by atoms with Crippen LogP contribution in [0.3, 0.4) is 0 Å². The van der Waals surface area contributed by atoms with Crippen molar-refractivity contribution in [2.75, 3.05) is 4.90 Å². The number of hydrogen-bond acceptors (Lipinski definition) is 4. The molecule has 0 N–H and O–H groups in total. The van der Waals surface area contributed by atoms with Crippen molar-refractivity contribution >= 4 is 85.8 Å². The highest BCUT2D eigenvalue weighted by molar-refractivity contribution is 7.26. The summed E-state index contributed by atoms with van der Waals surface area (Å²) in [6.45, 7) is 7.46. The lowest BCUT2D eigenvalue weighted by Crippen LogP contribution is -2.09. The molecule has 8 aromatic rings. The predicted molar refractivity (Wildman–Crippen MR) is 183 cm³/mol. The highest BCUT2D eigenvalue weighted by Crippen LogP contribution is 2.43. The molecule has 3 nitrogen and oxygen atoms in total. The lowest BCUT2D eigenvalue weighted by molar-refractivity contribution is 1.30. The van der Waals surface area contributed by atoms with E-state index in [1.165, 1.54) is 40.3 Å². The predicted octanol–water partition coefficient (Wildman–Crippen LogP) is 12.0. The number of hydrogen-bond donors (Lipinski definition) is 0. The molecular weight excluding hydrogens is 563 g/mol. The zero-order valence-electron chi connectivity index (χ0n) is 22.8. The summed E-state index contributed by atoms with van der Waals surface area (Å²) >= 11 is 3.65. The van der Waals surface area contributed by atoms with Gasteiger partial charge in [-0.05, 0) is 90.0 Å². The van der Waals surface area contributed by atoms with Crippen molar-refractivity contribution in [3.63, 3.8) is 0 Å². The molecule has 2 heterocycles. The molecule has 2 aromatic heterocycles. The molecule has 8 rings (SSSR count). The minimum absolute atomic E-state index is 0.465. The molecule has 5 heteroatoms. The van der Waals surface area contributed by atoms with Crippen molar-refractivity contribution in [3.05, 3.63) is 144 Å². The Kier molecular flexibility index (Phi) is 5.94. The second kappa shape index (κ2) is 10.1. The summed E-state index contributed by atoms with van der Waals surface area (Å²) in [6, 6.07) is 46.5. The molecule has 0 aliphatic heterocycles. The monoisotopic (exact) mass is 583 g/mol. The van der Waals surface area contributed by atoms with Gasteiger partial charge >= 0.3 is 0 Å². The second-order valence-corrected chi connectivity index (χ2v) is 12.6. The third kappa shape index (κ3) is 4.31. The maximum atomic E-state index is 9.49. The molecule has 0 aliphatic carbocycles. The Morgan fingerprint density at radius 2 is 1.07 bits per heavy atom. The third-order valence-electron chi connectivity index (χ3n) is 7.87. The third-order valence-corrected chi connectivity index (χ3v) is 10.2. The first-order valence-electron chi connectivity index (χ1n) is 13.8. The van der Waals surface area contributed by atoms with Crippen molar-refractivity contribution in [3.8, 4) is 17.2 Å². The van der Waals surface area contributed by atoms with Crippen LogP contribution in [0.1, 0.15) is 5.56 Å². The Balaban J connectivity index is 1.31. The van der Waals surface area contributed by atoms with Gasteiger partial charge in [-0.1, -0.05) is 48.5 Å². The topological polar surface area (TPSA) is 31.4 Å². The van der Waals surface area contributed by atoms with E-state index in [0.717, 1.165) is 28.2 Å². The molecule has 0 aliphatic rings. The molecule has 6 aromatic carbocycles. The average Bonchev–Trinajstić information content (AvgIpc) is 3.63. The van der Waals surface area contributed by atoms with E-state index in [4.69, 9.17) is 6.57 Å². The van der Waals surface area contributed by atoms with Gasteiger partial charge in [-0.25, -0.2) is 4.85 Å². The van der Waals surface area contributed by atoms with Crippen LogP contribution in [-0.4, -0.2) is 0 Å². The Hall–Kier alpha value is -5.46. The number of anilines is 3. The van der Waals surface area contributed by atoms with Crippen molar-refractivity contribution in [1.29, 1.82) is 5.26 Å². The van der Waals surface area contributed by atoms with Gasteiger partial charge in [0, 0.05) is 63.0 Å². The van der Waals surface area contributed by atoms with Gasteiger partial charge < -0.3 is 4.90 Å². The Labute approximate surface area is 256 Å². The van der Waals surface area contributed by atoms with E-state index in [-0.39, 0.29) is 0 Å². The van der Waals surface area contributed by atoms with Crippen molar-refractivity contribution < 1.29 is 0 Å². The van der Waals surface area contributed by atoms with Gasteiger partial charge in [-0.15, -0.1) is 22.7 Å². The van der Waals surface area contributed by atoms with Crippen molar-refractivity contribution in [1.82, 2.24) is 0 Å². The maximum Gasteiger partial charge on any atom is 0.189 e. The lowest BCUT2D eigenvalue weighted by atomic mass is 10.0. The molecule has 0 saturated carbocycles. The molecule has 0 saturated heterocycles. The molecule has 0 amide bonds. The van der Waals surface area contributed by atoms with E-state index in [1.807, 2.05) is 34.8 Å². The van der Waals surface area contributed by atoms with Crippen LogP contribution in [-0.2, 0) is 0 Å². The van der Waals surface area contributed by atoms with Gasteiger partial charge in [0.25, 0.3) is 0 Å². The van der Waals surface area contributed by atoms with Gasteiger partial charge in [0.2, 0.25) is 0 Å². The van der Waals surface area contributed by atoms with Crippen LogP contribution >= 0.6 is 22.7 Å². The average molecular weight is 584 g/mol. The molecule has 0 spiro atoms. The fraction of sp³-hybridized carbons (Fsp3) is 0. The number of rotatable bonds is 4. The summed E-state index contributed by atoms with van der Waals surface area (Å²) in [4.78, 5) is 5.88. The first-order chi connectivity index (χ1) is 21.2. The smallest absolute Gasteiger partial charge is 0.189 e. The summed E-state index contributed by atoms with van der Waals surface area (Å²) in [6.07, 6.45) is 0. The zero-order chi connectivity index (χ0) is 28.9. The van der Waals surface area contributed by atoms with Crippen LogP contribution in [0.15, 0.2) is 127 Å². The Morgan fingerprint density at radius 3 is 1.63 bits per heavy atom. The van der Waals surface area contributed by atoms with Gasteiger partial charge in [0.05, 0.1) is 12.6 Å². The first kappa shape index (κ1) is 25.3. The van der Waals surface area contributed by atoms with Crippen molar-refractivity contribution in [2.45, 2.75) is 0 Å². The van der Waals surface area contributed by atoms with Gasteiger partial charge in [0.1, 0.15) is 0 Å². The molecule has 0 fully saturated rings. The van der Waals surface area contributed by atoms with E-state index < -0.39 is 0 Å². The van der Waals surface area contributed by atoms with E-state index in [2.05, 4.69) is 125 Å². The summed E-state index contributed by atoms with van der Waals surface area (Å²) in [5.41, 5.74) is 5.98. The number of fused-ring (bicyclic) bond motifs is 6. The van der Waals surface area contributed by atoms with Gasteiger partial charge in [0.15, 0.2) is 5.69 Å². The summed E-state index contributed by atoms with van der Waals surface area (Å²) in [5, 5.41) is 14.5. The molecule has 0 bridgehead atoms. The van der Waals surface area contributed by atoms with E-state index in [1.54, 1.807) is 6.07 Å². The zero-order valence-corrected chi connectivity index (χ0v) is 24.4. The van der Waals surface area contributed by atoms with Gasteiger partial charge in [-0.3, -0.25) is 0 Å². The summed E-state index contributed by atoms with van der Waals surface area (Å²) < 4.78 is 5.12. The number of thiophene rings is 2. The molecule has 0 atom stereocenters. The second-order valence-electron chi connectivity index (χ2n) is 10.4. The molecular formula is C38H21N3S2. The highest BCUT2D eigenvalue weighted by atomic mass is 32.1. The highest BCUT2D eigenvalue weighted by Gasteiger charge is 2.17. The van der Waals surface area contributed by atoms with E-state index >= 15 is 0 Å². The molecule has 43 heavy (non-hydrogen) atoms. The van der Waals surface area contributed by atoms with Crippen molar-refractivity contribution in [2.24, 2.45) is 0 Å². The van der Waals surface area contributed by atoms with Gasteiger partial charge in [-0.2, -0.15) is 5.26 Å². The number of benzene rings is 6. The standard InChI is InChI=1S/C38H21N3S2/c1-40-27-19-24(23-39)18-26(20-27)25-10-12-28(13-11-25)41(29-14-16-37-33(21-29)31-6-2-4-8-35(31)42-37)30-15-17-38-34(22-30)32-7-3-5-9-36(32)43-38/h2-22H. The van der Waals surface area contributed by atoms with Crippen LogP contribution < -0.4 is 4.90 Å². The number of nitriles is 1. The Morgan fingerprint density at radius 1 is 0.535 bits per heavy atom. The van der Waals surface area contributed by atoms with Crippen LogP contribution in [0, 0.1) is 17.9 Å². The lowest BCUT2D eigenvalue weighted by Gasteiger charge is -2.26. The van der Waals surface area contributed by atoms with Crippen LogP contribution in [0.5, 0.6) is 0 Å². The first-order valence-corrected chi connectivity index (χ1v) is 15.5. The fourth-order valence-electron chi connectivity index (χ4n) is 5.86. The largest absolute Gasteiger partial charge is 0.310 e. The normalized spacial score (nSPS) is 11.2. The molecule has 200 valence electrons. The SMILES string of the molecule is [C-]#[N+]c1cc(C#N)cc(-c2ccc(N(c3ccc4sc5ccccc5c4c3)c3ccc4sc5ccccc5c4c3)cc2)c1. The fourth-order valence-corrected chi connectivity index (χ4v) is 8.04. The maximum absolute atomic E-state index is 9.49. The minimum Gasteiger partial charge on any atom is -0.310 e. The van der Waals surface area contributed by atoms with Crippen LogP contribution in [0.25, 0.3) is 56.3 Å². The number of nitrogens with zero attached hydrogens (tertiary/aromatic N) is 3. The molecule has 0 radical (unpaired) electrons.